The van der Waals surface area contributed by atoms with Gasteiger partial charge >= 0.3 is 5.97 Å². The van der Waals surface area contributed by atoms with Crippen molar-refractivity contribution in [2.24, 2.45) is 0 Å². The van der Waals surface area contributed by atoms with Gasteiger partial charge in [0.05, 0.1) is 11.3 Å². The van der Waals surface area contributed by atoms with Gasteiger partial charge in [-0.2, -0.15) is 0 Å². The predicted molar refractivity (Wildman–Crippen MR) is 128 cm³/mol. The number of Topliss-reactive ketones (excluding diaryl/α,β-unsaturated/α-hetero) is 1. The van der Waals surface area contributed by atoms with E-state index in [2.05, 4.69) is 15.6 Å². The second-order valence-electron chi connectivity index (χ2n) is 7.99. The van der Waals surface area contributed by atoms with E-state index in [9.17, 15) is 23.2 Å². The highest BCUT2D eigenvalue weighted by Gasteiger charge is 2.16. The lowest BCUT2D eigenvalue weighted by Gasteiger charge is -2.14. The molecule has 7 nitrogen and oxygen atoms in total. The van der Waals surface area contributed by atoms with Crippen LogP contribution in [0.4, 0.5) is 25.8 Å². The molecule has 3 aromatic rings. The number of carbonyl (C=O) groups is 3. The minimum atomic E-state index is -1.05. The van der Waals surface area contributed by atoms with Gasteiger partial charge in [0.2, 0.25) is 0 Å². The Morgan fingerprint density at radius 2 is 1.66 bits per heavy atom. The first-order valence-corrected chi connectivity index (χ1v) is 11.1. The third kappa shape index (κ3) is 7.43. The molecule has 0 atom stereocenters. The van der Waals surface area contributed by atoms with E-state index >= 15 is 0 Å². The molecule has 0 saturated carbocycles. The topological polar surface area (TPSA) is 108 Å². The van der Waals surface area contributed by atoms with Crippen LogP contribution in [-0.2, 0) is 22.4 Å². The third-order valence-corrected chi connectivity index (χ3v) is 5.15. The number of anilines is 3. The molecular formula is C26H25F2N3O4. The Hall–Kier alpha value is -4.14. The third-order valence-electron chi connectivity index (χ3n) is 5.15. The van der Waals surface area contributed by atoms with Crippen molar-refractivity contribution in [2.75, 3.05) is 10.6 Å². The number of halogens is 2. The highest BCUT2D eigenvalue weighted by Crippen LogP contribution is 2.25. The van der Waals surface area contributed by atoms with Crippen LogP contribution in [0.15, 0.2) is 54.7 Å². The van der Waals surface area contributed by atoms with E-state index in [1.54, 1.807) is 30.3 Å². The summed E-state index contributed by atoms with van der Waals surface area (Å²) < 4.78 is 27.1. The molecule has 0 fully saturated rings. The maximum atomic E-state index is 13.7. The van der Waals surface area contributed by atoms with Crippen LogP contribution < -0.4 is 10.6 Å². The first kappa shape index (κ1) is 25.5. The van der Waals surface area contributed by atoms with Crippen LogP contribution in [0.2, 0.25) is 0 Å². The van der Waals surface area contributed by atoms with E-state index in [1.807, 2.05) is 6.92 Å². The Morgan fingerprint density at radius 1 is 0.943 bits per heavy atom. The van der Waals surface area contributed by atoms with Crippen LogP contribution >= 0.6 is 0 Å². The maximum Gasteiger partial charge on any atom is 0.303 e. The maximum absolute atomic E-state index is 13.7. The van der Waals surface area contributed by atoms with Gasteiger partial charge in [0.1, 0.15) is 5.78 Å². The van der Waals surface area contributed by atoms with Crippen molar-refractivity contribution in [3.63, 3.8) is 0 Å². The van der Waals surface area contributed by atoms with Crippen LogP contribution in [-0.4, -0.2) is 27.8 Å². The lowest BCUT2D eigenvalue weighted by Crippen LogP contribution is -2.15. The molecule has 0 saturated heterocycles. The fraction of sp³-hybridized carbons (Fsp3) is 0.231. The molecule has 0 aliphatic heterocycles. The summed E-state index contributed by atoms with van der Waals surface area (Å²) in [4.78, 5) is 40.1. The number of amides is 1. The fourth-order valence-corrected chi connectivity index (χ4v) is 3.38. The number of aromatic nitrogens is 1. The minimum Gasteiger partial charge on any atom is -0.481 e. The highest BCUT2D eigenvalue weighted by molar-refractivity contribution is 6.08. The number of hydrogen-bond acceptors (Lipinski definition) is 5. The molecular weight excluding hydrogens is 456 g/mol. The summed E-state index contributed by atoms with van der Waals surface area (Å²) in [6.45, 7) is 1.90. The van der Waals surface area contributed by atoms with Gasteiger partial charge < -0.3 is 15.7 Å². The zero-order chi connectivity index (χ0) is 25.4. The molecule has 3 N–H and O–H groups in total. The average Bonchev–Trinajstić information content (AvgIpc) is 2.81. The molecule has 3 rings (SSSR count). The van der Waals surface area contributed by atoms with Gasteiger partial charge in [0.25, 0.3) is 5.91 Å². The van der Waals surface area contributed by atoms with Crippen molar-refractivity contribution in [3.8, 4) is 0 Å². The van der Waals surface area contributed by atoms with Crippen LogP contribution in [0.3, 0.4) is 0 Å². The summed E-state index contributed by atoms with van der Waals surface area (Å²) in [5.41, 5.74) is 2.37. The van der Waals surface area contributed by atoms with E-state index < -0.39 is 23.5 Å². The summed E-state index contributed by atoms with van der Waals surface area (Å²) in [6, 6.07) is 11.6. The lowest BCUT2D eigenvalue weighted by molar-refractivity contribution is -0.137. The van der Waals surface area contributed by atoms with E-state index in [4.69, 9.17) is 5.11 Å². The summed E-state index contributed by atoms with van der Waals surface area (Å²) >= 11 is 0. The molecule has 0 spiro atoms. The monoisotopic (exact) mass is 481 g/mol. The highest BCUT2D eigenvalue weighted by atomic mass is 19.2. The molecule has 1 aromatic heterocycles. The minimum absolute atomic E-state index is 0.000957. The lowest BCUT2D eigenvalue weighted by atomic mass is 10.1. The number of nitrogens with zero attached hydrogens (tertiary/aromatic N) is 1. The number of hydrogen-bond donors (Lipinski definition) is 3. The number of benzene rings is 2. The summed E-state index contributed by atoms with van der Waals surface area (Å²) in [6.07, 6.45) is 2.89. The molecule has 0 aliphatic rings. The number of carboxylic acid groups (broad SMARTS) is 1. The number of nitrogens with one attached hydrogen (secondary N) is 2. The summed E-state index contributed by atoms with van der Waals surface area (Å²) in [7, 11) is 0. The Kier molecular flexibility index (Phi) is 8.61. The zero-order valence-corrected chi connectivity index (χ0v) is 19.1. The fourth-order valence-electron chi connectivity index (χ4n) is 3.38. The Morgan fingerprint density at radius 3 is 2.31 bits per heavy atom. The Bertz CT molecular complexity index is 1230. The molecule has 0 aliphatic carbocycles. The molecule has 1 amide bonds. The molecule has 0 bridgehead atoms. The van der Waals surface area contributed by atoms with E-state index in [0.29, 0.717) is 30.6 Å². The quantitative estimate of drug-likeness (QED) is 0.344. The van der Waals surface area contributed by atoms with Crippen molar-refractivity contribution in [3.05, 3.63) is 83.2 Å². The Labute approximate surface area is 201 Å². The van der Waals surface area contributed by atoms with Crippen LogP contribution in [0, 0.1) is 11.6 Å². The van der Waals surface area contributed by atoms with Gasteiger partial charge in [-0.25, -0.2) is 8.78 Å². The molecule has 182 valence electrons. The molecule has 0 unspecified atom stereocenters. The second kappa shape index (κ2) is 11.8. The SMILES string of the molecule is CCCC(=O)Cc1cc(Nc2ccc(F)c(F)c2)c(C(=O)Nc2ccc(CCC(=O)O)cc2)cn1. The van der Waals surface area contributed by atoms with E-state index in [1.165, 1.54) is 12.3 Å². The average molecular weight is 481 g/mol. The number of aliphatic carboxylic acids is 1. The number of carbonyl (C=O) groups excluding carboxylic acids is 2. The van der Waals surface area contributed by atoms with Gasteiger partial charge in [0.15, 0.2) is 11.6 Å². The number of aryl methyl sites for hydroxylation is 1. The number of pyridine rings is 1. The van der Waals surface area contributed by atoms with Gasteiger partial charge in [-0.3, -0.25) is 19.4 Å². The van der Waals surface area contributed by atoms with Crippen LogP contribution in [0.5, 0.6) is 0 Å². The van der Waals surface area contributed by atoms with E-state index in [-0.39, 0.29) is 35.6 Å². The van der Waals surface area contributed by atoms with Gasteiger partial charge in [0, 0.05) is 48.6 Å². The normalized spacial score (nSPS) is 10.6. The second-order valence-corrected chi connectivity index (χ2v) is 7.99. The Balaban J connectivity index is 1.84. The molecule has 0 radical (unpaired) electrons. The van der Waals surface area contributed by atoms with Gasteiger partial charge in [-0.15, -0.1) is 0 Å². The van der Waals surface area contributed by atoms with Crippen molar-refractivity contribution < 1.29 is 28.3 Å². The van der Waals surface area contributed by atoms with E-state index in [0.717, 1.165) is 17.7 Å². The zero-order valence-electron chi connectivity index (χ0n) is 19.1. The van der Waals surface area contributed by atoms with Gasteiger partial charge in [-0.05, 0) is 48.7 Å². The molecule has 35 heavy (non-hydrogen) atoms. The van der Waals surface area contributed by atoms with Crippen molar-refractivity contribution in [1.82, 2.24) is 4.98 Å². The van der Waals surface area contributed by atoms with Crippen LogP contribution in [0.1, 0.15) is 47.8 Å². The van der Waals surface area contributed by atoms with Crippen molar-refractivity contribution in [2.45, 2.75) is 39.0 Å². The number of carboxylic acids is 1. The first-order chi connectivity index (χ1) is 16.7. The summed E-state index contributed by atoms with van der Waals surface area (Å²) in [5, 5.41) is 14.5. The number of ketones is 1. The standard InChI is InChI=1S/C26H25F2N3O4/c1-2-3-20(32)12-19-14-24(30-18-9-10-22(27)23(28)13-18)21(15-29-19)26(35)31-17-7-4-16(5-8-17)6-11-25(33)34/h4-5,7-10,13-15H,2-3,6,11-12H2,1H3,(H,29,30)(H,31,35)(H,33,34). The molecule has 1 heterocycles. The first-order valence-electron chi connectivity index (χ1n) is 11.1. The largest absolute Gasteiger partial charge is 0.481 e. The predicted octanol–water partition coefficient (Wildman–Crippen LogP) is 5.28. The number of rotatable bonds is 11. The smallest absolute Gasteiger partial charge is 0.303 e. The van der Waals surface area contributed by atoms with Crippen LogP contribution in [0.25, 0.3) is 0 Å². The molecule has 9 heteroatoms. The molecule has 2 aromatic carbocycles. The van der Waals surface area contributed by atoms with Crippen molar-refractivity contribution in [1.29, 1.82) is 0 Å². The van der Waals surface area contributed by atoms with Crippen molar-refractivity contribution >= 4 is 34.7 Å². The summed E-state index contributed by atoms with van der Waals surface area (Å²) in [5.74, 6) is -3.45. The van der Waals surface area contributed by atoms with Gasteiger partial charge in [-0.1, -0.05) is 19.1 Å².